The maximum absolute atomic E-state index is 13.2. The SMILES string of the molecule is O=C(C=Cc1cccc(-c2cnc3[nH]ccc3c2)c1)Nc1cccc(F)c1. The summed E-state index contributed by atoms with van der Waals surface area (Å²) in [7, 11) is 0. The number of hydrogen-bond donors (Lipinski definition) is 2. The van der Waals surface area contributed by atoms with Crippen molar-refractivity contribution in [2.45, 2.75) is 0 Å². The van der Waals surface area contributed by atoms with E-state index >= 15 is 0 Å². The van der Waals surface area contributed by atoms with Crippen molar-refractivity contribution in [3.05, 3.63) is 90.5 Å². The first kappa shape index (κ1) is 16.7. The zero-order valence-electron chi connectivity index (χ0n) is 14.3. The van der Waals surface area contributed by atoms with Crippen LogP contribution in [0.5, 0.6) is 0 Å². The standard InChI is InChI=1S/C22H16FN3O/c23-19-5-2-6-20(13-19)26-21(27)8-7-15-3-1-4-16(11-15)18-12-17-9-10-24-22(17)25-14-18/h1-14H,(H,24,25)(H,26,27). The van der Waals surface area contributed by atoms with E-state index in [4.69, 9.17) is 0 Å². The van der Waals surface area contributed by atoms with Gasteiger partial charge in [-0.2, -0.15) is 0 Å². The number of amides is 1. The number of halogens is 1. The second kappa shape index (κ2) is 7.25. The van der Waals surface area contributed by atoms with Crippen LogP contribution in [0.15, 0.2) is 79.1 Å². The van der Waals surface area contributed by atoms with Crippen LogP contribution in [0.2, 0.25) is 0 Å². The van der Waals surface area contributed by atoms with Crippen LogP contribution in [-0.4, -0.2) is 15.9 Å². The number of anilines is 1. The highest BCUT2D eigenvalue weighted by Gasteiger charge is 2.03. The lowest BCUT2D eigenvalue weighted by molar-refractivity contribution is -0.111. The van der Waals surface area contributed by atoms with Gasteiger partial charge in [0.1, 0.15) is 11.5 Å². The molecule has 0 fully saturated rings. The largest absolute Gasteiger partial charge is 0.346 e. The Bertz CT molecular complexity index is 1150. The van der Waals surface area contributed by atoms with Crippen molar-refractivity contribution in [2.24, 2.45) is 0 Å². The molecule has 132 valence electrons. The Balaban J connectivity index is 1.51. The molecule has 2 aromatic heterocycles. The number of benzene rings is 2. The summed E-state index contributed by atoms with van der Waals surface area (Å²) in [5, 5.41) is 3.68. The zero-order chi connectivity index (χ0) is 18.6. The Morgan fingerprint density at radius 2 is 1.93 bits per heavy atom. The summed E-state index contributed by atoms with van der Waals surface area (Å²) in [4.78, 5) is 19.5. The van der Waals surface area contributed by atoms with Crippen molar-refractivity contribution in [2.75, 3.05) is 5.32 Å². The van der Waals surface area contributed by atoms with Crippen LogP contribution >= 0.6 is 0 Å². The van der Waals surface area contributed by atoms with Gasteiger partial charge in [0.25, 0.3) is 0 Å². The minimum atomic E-state index is -0.391. The molecule has 0 atom stereocenters. The maximum Gasteiger partial charge on any atom is 0.248 e. The number of pyridine rings is 1. The molecule has 5 heteroatoms. The van der Waals surface area contributed by atoms with Gasteiger partial charge in [-0.15, -0.1) is 0 Å². The van der Waals surface area contributed by atoms with Gasteiger partial charge in [0, 0.05) is 35.1 Å². The van der Waals surface area contributed by atoms with E-state index in [1.165, 1.54) is 18.2 Å². The molecule has 0 aliphatic rings. The molecule has 0 spiro atoms. The second-order valence-electron chi connectivity index (χ2n) is 6.10. The Morgan fingerprint density at radius 3 is 2.81 bits per heavy atom. The fourth-order valence-corrected chi connectivity index (χ4v) is 2.84. The smallest absolute Gasteiger partial charge is 0.248 e. The van der Waals surface area contributed by atoms with E-state index in [0.29, 0.717) is 5.69 Å². The molecule has 4 nitrogen and oxygen atoms in total. The molecule has 0 bridgehead atoms. The van der Waals surface area contributed by atoms with E-state index < -0.39 is 5.82 Å². The number of aromatic nitrogens is 2. The Labute approximate surface area is 155 Å². The second-order valence-corrected chi connectivity index (χ2v) is 6.10. The number of H-pyrrole nitrogens is 1. The molecule has 4 rings (SSSR count). The molecule has 2 N–H and O–H groups in total. The third-order valence-corrected chi connectivity index (χ3v) is 4.14. The number of hydrogen-bond acceptors (Lipinski definition) is 2. The molecule has 1 amide bonds. The molecular formula is C22H16FN3O. The summed E-state index contributed by atoms with van der Waals surface area (Å²) < 4.78 is 13.2. The average Bonchev–Trinajstić information content (AvgIpc) is 3.14. The molecule has 27 heavy (non-hydrogen) atoms. The molecule has 0 aliphatic carbocycles. The Kier molecular flexibility index (Phi) is 4.49. The van der Waals surface area contributed by atoms with Gasteiger partial charge in [-0.3, -0.25) is 4.79 Å². The average molecular weight is 357 g/mol. The van der Waals surface area contributed by atoms with Gasteiger partial charge in [-0.05, 0) is 53.6 Å². The fraction of sp³-hybridized carbons (Fsp3) is 0. The number of aromatic amines is 1. The number of rotatable bonds is 4. The van der Waals surface area contributed by atoms with Crippen molar-refractivity contribution in [3.63, 3.8) is 0 Å². The van der Waals surface area contributed by atoms with Crippen LogP contribution < -0.4 is 5.32 Å². The van der Waals surface area contributed by atoms with Crippen LogP contribution in [0.1, 0.15) is 5.56 Å². The number of nitrogens with one attached hydrogen (secondary N) is 2. The van der Waals surface area contributed by atoms with Gasteiger partial charge in [-0.25, -0.2) is 9.37 Å². The topological polar surface area (TPSA) is 57.8 Å². The van der Waals surface area contributed by atoms with Gasteiger partial charge >= 0.3 is 0 Å². The van der Waals surface area contributed by atoms with Crippen molar-refractivity contribution in [1.29, 1.82) is 0 Å². The first-order valence-corrected chi connectivity index (χ1v) is 8.46. The highest BCUT2D eigenvalue weighted by Crippen LogP contribution is 2.23. The lowest BCUT2D eigenvalue weighted by atomic mass is 10.0. The highest BCUT2D eigenvalue weighted by molar-refractivity contribution is 6.02. The number of fused-ring (bicyclic) bond motifs is 1. The van der Waals surface area contributed by atoms with Gasteiger partial charge < -0.3 is 10.3 Å². The minimum absolute atomic E-state index is 0.318. The highest BCUT2D eigenvalue weighted by atomic mass is 19.1. The van der Waals surface area contributed by atoms with Gasteiger partial charge in [0.15, 0.2) is 0 Å². The lowest BCUT2D eigenvalue weighted by Crippen LogP contribution is -2.07. The van der Waals surface area contributed by atoms with Crippen LogP contribution in [0.3, 0.4) is 0 Å². The summed E-state index contributed by atoms with van der Waals surface area (Å²) in [5.74, 6) is -0.709. The van der Waals surface area contributed by atoms with Crippen LogP contribution in [0, 0.1) is 5.82 Å². The van der Waals surface area contributed by atoms with Gasteiger partial charge in [0.2, 0.25) is 5.91 Å². The van der Waals surface area contributed by atoms with Crippen molar-refractivity contribution >= 4 is 28.7 Å². The van der Waals surface area contributed by atoms with Crippen LogP contribution in [-0.2, 0) is 4.79 Å². The molecule has 0 saturated carbocycles. The molecule has 0 saturated heterocycles. The van der Waals surface area contributed by atoms with Crippen LogP contribution in [0.25, 0.3) is 28.2 Å². The van der Waals surface area contributed by atoms with Gasteiger partial charge in [-0.1, -0.05) is 24.3 Å². The van der Waals surface area contributed by atoms with E-state index in [1.54, 1.807) is 18.2 Å². The third-order valence-electron chi connectivity index (χ3n) is 4.14. The van der Waals surface area contributed by atoms with E-state index in [0.717, 1.165) is 27.7 Å². The van der Waals surface area contributed by atoms with Gasteiger partial charge in [0.05, 0.1) is 0 Å². The summed E-state index contributed by atoms with van der Waals surface area (Å²) in [6, 6.07) is 17.7. The monoisotopic (exact) mass is 357 g/mol. The van der Waals surface area contributed by atoms with E-state index in [-0.39, 0.29) is 5.91 Å². The number of carbonyl (C=O) groups is 1. The van der Waals surface area contributed by atoms with Crippen LogP contribution in [0.4, 0.5) is 10.1 Å². The molecule has 2 heterocycles. The minimum Gasteiger partial charge on any atom is -0.346 e. The summed E-state index contributed by atoms with van der Waals surface area (Å²) in [6.07, 6.45) is 6.83. The first-order chi connectivity index (χ1) is 13.2. The first-order valence-electron chi connectivity index (χ1n) is 8.46. The molecular weight excluding hydrogens is 341 g/mol. The van der Waals surface area contributed by atoms with E-state index in [2.05, 4.69) is 21.4 Å². The summed E-state index contributed by atoms with van der Waals surface area (Å²) in [5.41, 5.74) is 4.17. The molecule has 0 unspecified atom stereocenters. The summed E-state index contributed by atoms with van der Waals surface area (Å²) >= 11 is 0. The molecule has 0 radical (unpaired) electrons. The van der Waals surface area contributed by atoms with Crippen molar-refractivity contribution in [1.82, 2.24) is 9.97 Å². The molecule has 0 aliphatic heterocycles. The quantitative estimate of drug-likeness (QED) is 0.504. The predicted molar refractivity (Wildman–Crippen MR) is 106 cm³/mol. The zero-order valence-corrected chi connectivity index (χ0v) is 14.3. The Morgan fingerprint density at radius 1 is 1.04 bits per heavy atom. The molecule has 4 aromatic rings. The summed E-state index contributed by atoms with van der Waals surface area (Å²) in [6.45, 7) is 0. The molecule has 2 aromatic carbocycles. The van der Waals surface area contributed by atoms with E-state index in [1.807, 2.05) is 42.7 Å². The fourth-order valence-electron chi connectivity index (χ4n) is 2.84. The lowest BCUT2D eigenvalue weighted by Gasteiger charge is -2.04. The Hall–Kier alpha value is -3.73. The normalized spacial score (nSPS) is 11.1. The van der Waals surface area contributed by atoms with Crippen molar-refractivity contribution in [3.8, 4) is 11.1 Å². The van der Waals surface area contributed by atoms with Crippen molar-refractivity contribution < 1.29 is 9.18 Å². The third kappa shape index (κ3) is 3.93. The van der Waals surface area contributed by atoms with E-state index in [9.17, 15) is 9.18 Å². The maximum atomic E-state index is 13.2. The number of carbonyl (C=O) groups excluding carboxylic acids is 1. The number of nitrogens with zero attached hydrogens (tertiary/aromatic N) is 1. The predicted octanol–water partition coefficient (Wildman–Crippen LogP) is 5.02.